The summed E-state index contributed by atoms with van der Waals surface area (Å²) in [4.78, 5) is 24.1. The molecule has 2 aliphatic carbocycles. The van der Waals surface area contributed by atoms with Gasteiger partial charge in [0.2, 0.25) is 0 Å². The van der Waals surface area contributed by atoms with Gasteiger partial charge in [0.25, 0.3) is 0 Å². The largest absolute Gasteiger partial charge is 0.459 e. The summed E-state index contributed by atoms with van der Waals surface area (Å²) in [7, 11) is 0. The molecule has 1 aliphatic heterocycles. The highest BCUT2D eigenvalue weighted by Gasteiger charge is 2.63. The first-order chi connectivity index (χ1) is 9.81. The van der Waals surface area contributed by atoms with E-state index in [0.29, 0.717) is 5.57 Å². The van der Waals surface area contributed by atoms with E-state index in [1.54, 1.807) is 13.8 Å². The fraction of sp³-hybridized carbons (Fsp3) is 0.600. The number of hydrogen-bond donors (Lipinski definition) is 3. The summed E-state index contributed by atoms with van der Waals surface area (Å²) in [5, 5.41) is 30.2. The molecule has 21 heavy (non-hydrogen) atoms. The van der Waals surface area contributed by atoms with Crippen LogP contribution in [0.1, 0.15) is 20.3 Å². The molecule has 3 rings (SSSR count). The number of esters is 1. The lowest BCUT2D eigenvalue weighted by atomic mass is 9.77. The maximum atomic E-state index is 12.1. The Kier molecular flexibility index (Phi) is 3.09. The van der Waals surface area contributed by atoms with E-state index in [2.05, 4.69) is 0 Å². The first kappa shape index (κ1) is 14.4. The fourth-order valence-electron chi connectivity index (χ4n) is 3.89. The molecule has 5 atom stereocenters. The Balaban J connectivity index is 2.14. The van der Waals surface area contributed by atoms with E-state index in [4.69, 9.17) is 4.74 Å². The molecule has 3 N–H and O–H groups in total. The first-order valence-electron chi connectivity index (χ1n) is 6.95. The number of allylic oxidation sites excluding steroid dienone is 1. The van der Waals surface area contributed by atoms with E-state index in [0.717, 1.165) is 11.1 Å². The molecule has 6 heteroatoms. The van der Waals surface area contributed by atoms with E-state index in [-0.39, 0.29) is 12.2 Å². The van der Waals surface area contributed by atoms with Gasteiger partial charge in [0.15, 0.2) is 11.4 Å². The summed E-state index contributed by atoms with van der Waals surface area (Å²) in [6, 6.07) is 0. The number of hydrogen-bond acceptors (Lipinski definition) is 6. The third-order valence-corrected chi connectivity index (χ3v) is 4.89. The smallest absolute Gasteiger partial charge is 0.341 e. The number of ketones is 1. The summed E-state index contributed by atoms with van der Waals surface area (Å²) in [5.41, 5.74) is -0.107. The van der Waals surface area contributed by atoms with Gasteiger partial charge in [-0.05, 0) is 26.3 Å². The van der Waals surface area contributed by atoms with Gasteiger partial charge in [0.1, 0.15) is 6.10 Å². The standard InChI is InChI=1S/C15H18O6/c1-6-4-9(18)12-13(21-14(19)15(12,20)5-16)11-7(2)3-8(17)10(6)11/h3,9,11-13,16,18,20H,4-5H2,1-2H3. The van der Waals surface area contributed by atoms with Crippen molar-refractivity contribution >= 4 is 11.8 Å². The molecule has 114 valence electrons. The summed E-state index contributed by atoms with van der Waals surface area (Å²) in [5.74, 6) is -2.49. The Morgan fingerprint density at radius 3 is 2.67 bits per heavy atom. The molecule has 1 fully saturated rings. The lowest BCUT2D eigenvalue weighted by Crippen LogP contribution is -2.51. The lowest BCUT2D eigenvalue weighted by molar-refractivity contribution is -0.160. The molecule has 0 aromatic heterocycles. The van der Waals surface area contributed by atoms with Crippen molar-refractivity contribution in [2.75, 3.05) is 6.61 Å². The maximum absolute atomic E-state index is 12.1. The van der Waals surface area contributed by atoms with Gasteiger partial charge in [-0.3, -0.25) is 4.79 Å². The third kappa shape index (κ3) is 1.76. The van der Waals surface area contributed by atoms with Gasteiger partial charge < -0.3 is 20.1 Å². The van der Waals surface area contributed by atoms with Crippen molar-refractivity contribution in [2.45, 2.75) is 38.1 Å². The number of rotatable bonds is 1. The third-order valence-electron chi connectivity index (χ3n) is 4.89. The van der Waals surface area contributed by atoms with E-state index in [1.807, 2.05) is 0 Å². The summed E-state index contributed by atoms with van der Waals surface area (Å²) < 4.78 is 5.27. The highest BCUT2D eigenvalue weighted by Crippen LogP contribution is 2.49. The summed E-state index contributed by atoms with van der Waals surface area (Å²) in [6.07, 6.45) is -0.224. The number of aliphatic hydroxyl groups is 3. The average Bonchev–Trinajstić information content (AvgIpc) is 2.80. The molecule has 0 bridgehead atoms. The average molecular weight is 294 g/mol. The van der Waals surface area contributed by atoms with Crippen LogP contribution in [0.2, 0.25) is 0 Å². The van der Waals surface area contributed by atoms with Crippen molar-refractivity contribution in [2.24, 2.45) is 11.8 Å². The van der Waals surface area contributed by atoms with Crippen molar-refractivity contribution in [3.05, 3.63) is 22.8 Å². The number of ether oxygens (including phenoxy) is 1. The highest BCUT2D eigenvalue weighted by molar-refractivity contribution is 6.09. The Hall–Kier alpha value is -1.50. The minimum absolute atomic E-state index is 0.140. The van der Waals surface area contributed by atoms with Gasteiger partial charge in [0, 0.05) is 11.5 Å². The zero-order valence-electron chi connectivity index (χ0n) is 11.9. The minimum Gasteiger partial charge on any atom is -0.459 e. The van der Waals surface area contributed by atoms with Crippen LogP contribution in [0.15, 0.2) is 22.8 Å². The van der Waals surface area contributed by atoms with Gasteiger partial charge in [0.05, 0.1) is 18.6 Å². The number of aliphatic hydroxyl groups excluding tert-OH is 2. The van der Waals surface area contributed by atoms with Crippen molar-refractivity contribution in [1.29, 1.82) is 0 Å². The molecule has 0 amide bonds. The molecular weight excluding hydrogens is 276 g/mol. The van der Waals surface area contributed by atoms with Gasteiger partial charge in [-0.15, -0.1) is 0 Å². The molecule has 0 radical (unpaired) electrons. The van der Waals surface area contributed by atoms with E-state index < -0.39 is 42.2 Å². The number of carbonyl (C=O) groups is 2. The van der Waals surface area contributed by atoms with Crippen molar-refractivity contribution < 1.29 is 29.6 Å². The zero-order chi connectivity index (χ0) is 15.5. The van der Waals surface area contributed by atoms with Crippen LogP contribution in [-0.2, 0) is 14.3 Å². The molecule has 1 saturated heterocycles. The van der Waals surface area contributed by atoms with Crippen molar-refractivity contribution in [3.8, 4) is 0 Å². The summed E-state index contributed by atoms with van der Waals surface area (Å²) in [6.45, 7) is 2.71. The quantitative estimate of drug-likeness (QED) is 0.562. The van der Waals surface area contributed by atoms with Crippen LogP contribution in [0.25, 0.3) is 0 Å². The number of fused-ring (bicyclic) bond motifs is 3. The van der Waals surface area contributed by atoms with Gasteiger partial charge >= 0.3 is 5.97 Å². The van der Waals surface area contributed by atoms with Gasteiger partial charge in [-0.25, -0.2) is 4.79 Å². The fourth-order valence-corrected chi connectivity index (χ4v) is 3.89. The predicted molar refractivity (Wildman–Crippen MR) is 71.0 cm³/mol. The van der Waals surface area contributed by atoms with Crippen LogP contribution in [0.3, 0.4) is 0 Å². The maximum Gasteiger partial charge on any atom is 0.341 e. The SMILES string of the molecule is CC1=CC(=O)C2=C(C)CC(O)C3C(OC(=O)C3(O)CO)C12. The monoisotopic (exact) mass is 294 g/mol. The predicted octanol–water partition coefficient (Wildman–Crippen LogP) is -0.522. The molecule has 3 aliphatic rings. The van der Waals surface area contributed by atoms with E-state index >= 15 is 0 Å². The second kappa shape index (κ2) is 4.50. The first-order valence-corrected chi connectivity index (χ1v) is 6.95. The Morgan fingerprint density at radius 2 is 2.05 bits per heavy atom. The second-order valence-corrected chi connectivity index (χ2v) is 6.17. The van der Waals surface area contributed by atoms with E-state index in [9.17, 15) is 24.9 Å². The minimum atomic E-state index is -2.12. The Bertz CT molecular complexity index is 589. The van der Waals surface area contributed by atoms with Crippen molar-refractivity contribution in [1.82, 2.24) is 0 Å². The molecule has 0 saturated carbocycles. The Labute approximate surface area is 121 Å². The van der Waals surface area contributed by atoms with E-state index in [1.165, 1.54) is 6.08 Å². The van der Waals surface area contributed by atoms with Crippen LogP contribution in [-0.4, -0.2) is 51.5 Å². The van der Waals surface area contributed by atoms with Crippen LogP contribution in [0.5, 0.6) is 0 Å². The molecule has 0 aromatic carbocycles. The zero-order valence-corrected chi connectivity index (χ0v) is 11.9. The van der Waals surface area contributed by atoms with Crippen LogP contribution in [0.4, 0.5) is 0 Å². The summed E-state index contributed by atoms with van der Waals surface area (Å²) >= 11 is 0. The molecule has 6 nitrogen and oxygen atoms in total. The van der Waals surface area contributed by atoms with Gasteiger partial charge in [-0.2, -0.15) is 0 Å². The highest BCUT2D eigenvalue weighted by atomic mass is 16.6. The molecule has 0 spiro atoms. The van der Waals surface area contributed by atoms with Crippen LogP contribution >= 0.6 is 0 Å². The van der Waals surface area contributed by atoms with Crippen LogP contribution in [0, 0.1) is 11.8 Å². The number of carbonyl (C=O) groups excluding carboxylic acids is 2. The van der Waals surface area contributed by atoms with Crippen LogP contribution < -0.4 is 0 Å². The second-order valence-electron chi connectivity index (χ2n) is 6.17. The normalized spacial score (nSPS) is 42.4. The lowest BCUT2D eigenvalue weighted by Gasteiger charge is -2.30. The Morgan fingerprint density at radius 1 is 1.38 bits per heavy atom. The molecule has 1 heterocycles. The topological polar surface area (TPSA) is 104 Å². The van der Waals surface area contributed by atoms with Crippen molar-refractivity contribution in [3.63, 3.8) is 0 Å². The molecular formula is C15H18O6. The molecule has 5 unspecified atom stereocenters. The molecule has 0 aromatic rings. The van der Waals surface area contributed by atoms with Gasteiger partial charge in [-0.1, -0.05) is 11.1 Å².